The first-order valence-electron chi connectivity index (χ1n) is 12.2. The molecule has 0 N–H and O–H groups in total. The molecule has 0 amide bonds. The summed E-state index contributed by atoms with van der Waals surface area (Å²) in [6.07, 6.45) is 8.24. The van der Waals surface area contributed by atoms with Gasteiger partial charge in [0.15, 0.2) is 0 Å². The van der Waals surface area contributed by atoms with Crippen LogP contribution in [0.25, 0.3) is 21.5 Å². The van der Waals surface area contributed by atoms with Gasteiger partial charge in [-0.1, -0.05) is 36.4 Å². The molecule has 0 unspecified atom stereocenters. The van der Waals surface area contributed by atoms with E-state index in [1.54, 1.807) is 0 Å². The quantitative estimate of drug-likeness (QED) is 0.194. The Kier molecular flexibility index (Phi) is 12.4. The molecule has 0 saturated carbocycles. The SMILES string of the molecule is CC1=CC[C-]=C1.CN(C)c1ccc2c(c1)[cH-]c1ccccc12.[CH3-].[CH3-].[Zr]=[C](c1ccccc1)c1ccccc1. The predicted molar refractivity (Wildman–Crippen MR) is 166 cm³/mol. The van der Waals surface area contributed by atoms with Crippen molar-refractivity contribution in [3.05, 3.63) is 159 Å². The Morgan fingerprint density at radius 3 is 1.79 bits per heavy atom. The number of hydrogen-bond acceptors (Lipinski definition) is 1. The fraction of sp³-hybridized carbons (Fsp3) is 0.111. The number of fused-ring (bicyclic) bond motifs is 3. The van der Waals surface area contributed by atoms with Crippen LogP contribution >= 0.6 is 0 Å². The van der Waals surface area contributed by atoms with Crippen molar-refractivity contribution < 1.29 is 24.2 Å². The van der Waals surface area contributed by atoms with Gasteiger partial charge in [0.2, 0.25) is 0 Å². The van der Waals surface area contributed by atoms with Crippen LogP contribution in [-0.2, 0) is 24.2 Å². The van der Waals surface area contributed by atoms with Crippen molar-refractivity contribution in [2.75, 3.05) is 19.0 Å². The van der Waals surface area contributed by atoms with Gasteiger partial charge in [0.25, 0.3) is 0 Å². The van der Waals surface area contributed by atoms with Crippen LogP contribution in [0.2, 0.25) is 0 Å². The van der Waals surface area contributed by atoms with Crippen molar-refractivity contribution in [2.24, 2.45) is 0 Å². The van der Waals surface area contributed by atoms with E-state index in [9.17, 15) is 0 Å². The molecule has 0 bridgehead atoms. The zero-order valence-corrected chi connectivity index (χ0v) is 25.7. The average molecular weight is 575 g/mol. The standard InChI is InChI=1S/C15H14N.C13H10.C6H7.2CH3.Zr/c1-16(2)13-7-8-15-12(10-13)9-11-5-3-4-6-14(11)15;1-3-7-12(8-4-1)11-13-9-5-2-6-10-13;1-6-4-2-3-5-6;;;/h3-10H,1-2H3;1-10H;4-5H,2H2,1H3;2*1H3;/q-1;;3*-1;. The third kappa shape index (κ3) is 8.14. The van der Waals surface area contributed by atoms with Crippen molar-refractivity contribution in [3.63, 3.8) is 0 Å². The zero-order chi connectivity index (χ0) is 25.3. The molecular formula is C36H37NZr-4. The Bertz CT molecular complexity index is 1440. The molecule has 38 heavy (non-hydrogen) atoms. The normalized spacial score (nSPS) is 11.2. The van der Waals surface area contributed by atoms with Crippen LogP contribution in [0.1, 0.15) is 24.5 Å². The van der Waals surface area contributed by atoms with Crippen LogP contribution in [-0.4, -0.2) is 17.3 Å². The van der Waals surface area contributed by atoms with E-state index in [1.165, 1.54) is 71.4 Å². The molecule has 0 aliphatic heterocycles. The topological polar surface area (TPSA) is 3.24 Å². The first kappa shape index (κ1) is 31.0. The van der Waals surface area contributed by atoms with Gasteiger partial charge in [-0.2, -0.15) is 6.08 Å². The zero-order valence-electron chi connectivity index (χ0n) is 23.2. The second-order valence-electron chi connectivity index (χ2n) is 9.01. The molecule has 5 aromatic carbocycles. The van der Waals surface area contributed by atoms with E-state index in [-0.39, 0.29) is 14.9 Å². The van der Waals surface area contributed by atoms with E-state index < -0.39 is 0 Å². The van der Waals surface area contributed by atoms with Gasteiger partial charge in [0, 0.05) is 19.8 Å². The predicted octanol–water partition coefficient (Wildman–Crippen LogP) is 9.18. The Labute approximate surface area is 244 Å². The van der Waals surface area contributed by atoms with Crippen molar-refractivity contribution in [3.8, 4) is 0 Å². The summed E-state index contributed by atoms with van der Waals surface area (Å²) in [5, 5.41) is 5.35. The van der Waals surface area contributed by atoms with Crippen LogP contribution in [0.15, 0.2) is 127 Å². The molecule has 0 heterocycles. The molecule has 0 radical (unpaired) electrons. The third-order valence-electron chi connectivity index (χ3n) is 6.11. The second-order valence-corrected chi connectivity index (χ2v) is 10.2. The van der Waals surface area contributed by atoms with E-state index in [1.807, 2.05) is 6.08 Å². The van der Waals surface area contributed by atoms with E-state index in [0.29, 0.717) is 0 Å². The Hall–Kier alpha value is -3.22. The number of anilines is 1. The molecule has 0 saturated heterocycles. The molecule has 1 aliphatic rings. The van der Waals surface area contributed by atoms with Gasteiger partial charge in [-0.15, -0.1) is 47.0 Å². The summed E-state index contributed by atoms with van der Waals surface area (Å²) >= 11 is 1.46. The molecule has 194 valence electrons. The fourth-order valence-corrected chi connectivity index (χ4v) is 4.92. The Balaban J connectivity index is 0.000000212. The van der Waals surface area contributed by atoms with Gasteiger partial charge in [-0.05, 0) is 0 Å². The third-order valence-corrected chi connectivity index (χ3v) is 7.53. The molecule has 1 nitrogen and oxygen atoms in total. The average Bonchev–Trinajstić information content (AvgIpc) is 3.56. The minimum atomic E-state index is 0. The van der Waals surface area contributed by atoms with Crippen LogP contribution in [0.4, 0.5) is 5.69 Å². The maximum atomic E-state index is 3.05. The first-order chi connectivity index (χ1) is 17.5. The molecule has 6 rings (SSSR count). The summed E-state index contributed by atoms with van der Waals surface area (Å²) in [6.45, 7) is 2.08. The molecule has 1 aliphatic carbocycles. The summed E-state index contributed by atoms with van der Waals surface area (Å²) < 4.78 is 1.42. The Morgan fingerprint density at radius 1 is 0.737 bits per heavy atom. The molecule has 0 aromatic heterocycles. The monoisotopic (exact) mass is 573 g/mol. The second kappa shape index (κ2) is 15.3. The van der Waals surface area contributed by atoms with E-state index in [0.717, 1.165) is 6.42 Å². The molecule has 2 heteroatoms. The fourth-order valence-electron chi connectivity index (χ4n) is 4.10. The van der Waals surface area contributed by atoms with Crippen LogP contribution in [0, 0.1) is 20.9 Å². The van der Waals surface area contributed by atoms with E-state index >= 15 is 0 Å². The van der Waals surface area contributed by atoms with Crippen LogP contribution < -0.4 is 4.90 Å². The van der Waals surface area contributed by atoms with Crippen molar-refractivity contribution in [2.45, 2.75) is 13.3 Å². The van der Waals surface area contributed by atoms with E-state index in [4.69, 9.17) is 0 Å². The van der Waals surface area contributed by atoms with Gasteiger partial charge in [-0.3, -0.25) is 6.08 Å². The first-order valence-corrected chi connectivity index (χ1v) is 13.4. The van der Waals surface area contributed by atoms with E-state index in [2.05, 4.69) is 147 Å². The van der Waals surface area contributed by atoms with Gasteiger partial charge in [-0.25, -0.2) is 11.6 Å². The summed E-state index contributed by atoms with van der Waals surface area (Å²) in [6, 6.07) is 38.6. The molecule has 0 atom stereocenters. The number of allylic oxidation sites excluding steroid dienone is 4. The maximum absolute atomic E-state index is 3.05. The number of rotatable bonds is 3. The van der Waals surface area contributed by atoms with Crippen molar-refractivity contribution in [1.29, 1.82) is 0 Å². The molecular weight excluding hydrogens is 538 g/mol. The summed E-state index contributed by atoms with van der Waals surface area (Å²) in [5.74, 6) is 0. The van der Waals surface area contributed by atoms with Crippen LogP contribution in [0.3, 0.4) is 0 Å². The van der Waals surface area contributed by atoms with Gasteiger partial charge < -0.3 is 19.8 Å². The van der Waals surface area contributed by atoms with Crippen LogP contribution in [0.5, 0.6) is 0 Å². The van der Waals surface area contributed by atoms with Gasteiger partial charge in [0.1, 0.15) is 0 Å². The summed E-state index contributed by atoms with van der Waals surface area (Å²) in [7, 11) is 4.15. The molecule has 0 spiro atoms. The summed E-state index contributed by atoms with van der Waals surface area (Å²) in [4.78, 5) is 2.14. The number of hydrogen-bond donors (Lipinski definition) is 0. The van der Waals surface area contributed by atoms with Gasteiger partial charge in [0.05, 0.1) is 0 Å². The Morgan fingerprint density at radius 2 is 1.29 bits per heavy atom. The van der Waals surface area contributed by atoms with Crippen molar-refractivity contribution in [1.82, 2.24) is 0 Å². The summed E-state index contributed by atoms with van der Waals surface area (Å²) in [5.41, 5.74) is 5.26. The molecule has 5 aromatic rings. The molecule has 0 fully saturated rings. The number of benzene rings is 4. The minimum absolute atomic E-state index is 0. The van der Waals surface area contributed by atoms with Crippen molar-refractivity contribution >= 4 is 30.4 Å². The van der Waals surface area contributed by atoms with Gasteiger partial charge >= 0.3 is 99.2 Å². The number of nitrogens with zero attached hydrogens (tertiary/aromatic N) is 1.